The Labute approximate surface area is 250 Å². The molecule has 0 bridgehead atoms. The van der Waals surface area contributed by atoms with Crippen LogP contribution in [0.4, 0.5) is 29.1 Å². The average molecular weight is 633 g/mol. The normalized spacial score (nSPS) is 12.2. The Balaban J connectivity index is 1.40. The van der Waals surface area contributed by atoms with Crippen LogP contribution in [0.1, 0.15) is 17.4 Å². The number of amides is 1. The van der Waals surface area contributed by atoms with E-state index in [0.717, 1.165) is 36.4 Å². The number of ether oxygens (including phenoxy) is 2. The lowest BCUT2D eigenvalue weighted by Crippen LogP contribution is -2.39. The van der Waals surface area contributed by atoms with Gasteiger partial charge in [-0.25, -0.2) is 9.37 Å². The molecular formula is C28H21ClF4N6O5. The molecule has 0 saturated heterocycles. The number of aromatic amines is 1. The van der Waals surface area contributed by atoms with Crippen molar-refractivity contribution in [3.8, 4) is 28.5 Å². The number of carbonyl (C=O) groups excluding carboxylic acids is 1. The number of pyridine rings is 2. The minimum absolute atomic E-state index is 0.0361. The summed E-state index contributed by atoms with van der Waals surface area (Å²) in [6, 6.07) is 11.2. The first-order chi connectivity index (χ1) is 20.9. The summed E-state index contributed by atoms with van der Waals surface area (Å²) < 4.78 is 62.4. The molecule has 0 spiro atoms. The van der Waals surface area contributed by atoms with E-state index in [-0.39, 0.29) is 39.4 Å². The van der Waals surface area contributed by atoms with Gasteiger partial charge in [-0.15, -0.1) is 13.2 Å². The monoisotopic (exact) mass is 632 g/mol. The maximum Gasteiger partial charge on any atom is 0.573 e. The van der Waals surface area contributed by atoms with Gasteiger partial charge in [-0.2, -0.15) is 9.83 Å². The van der Waals surface area contributed by atoms with E-state index in [1.165, 1.54) is 24.4 Å². The number of aromatic nitrogens is 4. The van der Waals surface area contributed by atoms with Crippen molar-refractivity contribution in [2.45, 2.75) is 19.3 Å². The van der Waals surface area contributed by atoms with Crippen LogP contribution in [0, 0.1) is 11.0 Å². The van der Waals surface area contributed by atoms with Crippen LogP contribution in [0.25, 0.3) is 22.3 Å². The molecule has 0 aliphatic rings. The first kappa shape index (κ1) is 30.3. The lowest BCUT2D eigenvalue weighted by atomic mass is 10.1. The van der Waals surface area contributed by atoms with E-state index in [2.05, 4.69) is 30.6 Å². The van der Waals surface area contributed by atoms with Crippen LogP contribution in [0.5, 0.6) is 17.2 Å². The number of aliphatic hydroxyl groups excluding tert-OH is 1. The highest BCUT2D eigenvalue weighted by Crippen LogP contribution is 2.37. The Kier molecular flexibility index (Phi) is 8.42. The molecule has 1 amide bonds. The van der Waals surface area contributed by atoms with Gasteiger partial charge in [0.1, 0.15) is 22.7 Å². The van der Waals surface area contributed by atoms with Gasteiger partial charge in [-0.05, 0) is 55.5 Å². The minimum atomic E-state index is -5.14. The van der Waals surface area contributed by atoms with E-state index >= 15 is 0 Å². The third-order valence-electron chi connectivity index (χ3n) is 6.11. The van der Waals surface area contributed by atoms with Gasteiger partial charge in [0.05, 0.1) is 17.2 Å². The molecule has 16 heteroatoms. The van der Waals surface area contributed by atoms with Gasteiger partial charge in [0.15, 0.2) is 11.5 Å². The standard InChI is InChI=1S/C28H21ClF4N6O5/c1-14(13-40)35-26-23-21(10-11-34-25(23)37-38-26)43-20-8-6-17(12-18(20)29)36-27(41)19-7-9-22(44-28(31,32)33)24(39(19)42)15-2-4-16(30)5-3-15/h2-12,14,40H,13H2,1H3,(H,36,41)(H2,34,35,37,38)/t14-/m1/s1. The molecule has 0 aliphatic heterocycles. The van der Waals surface area contributed by atoms with Crippen LogP contribution in [-0.4, -0.2) is 45.2 Å². The summed E-state index contributed by atoms with van der Waals surface area (Å²) in [5.41, 5.74) is -0.804. The fraction of sp³-hybridized carbons (Fsp3) is 0.143. The number of hydrogen-bond donors (Lipinski definition) is 4. The number of fused-ring (bicyclic) bond motifs is 1. The third-order valence-corrected chi connectivity index (χ3v) is 6.41. The van der Waals surface area contributed by atoms with Gasteiger partial charge < -0.3 is 30.4 Å². The Bertz CT molecular complexity index is 1830. The topological polar surface area (TPSA) is 148 Å². The molecule has 44 heavy (non-hydrogen) atoms. The summed E-state index contributed by atoms with van der Waals surface area (Å²) >= 11 is 6.43. The van der Waals surface area contributed by atoms with Gasteiger partial charge in [-0.3, -0.25) is 9.89 Å². The van der Waals surface area contributed by atoms with E-state index in [9.17, 15) is 32.7 Å². The zero-order valence-electron chi connectivity index (χ0n) is 22.4. The summed E-state index contributed by atoms with van der Waals surface area (Å²) in [4.78, 5) is 17.3. The molecule has 3 heterocycles. The number of rotatable bonds is 9. The van der Waals surface area contributed by atoms with Crippen LogP contribution in [0.15, 0.2) is 66.9 Å². The number of H-pyrrole nitrogens is 1. The van der Waals surface area contributed by atoms with Crippen LogP contribution in [0.2, 0.25) is 5.02 Å². The molecule has 5 aromatic rings. The number of benzene rings is 2. The molecule has 11 nitrogen and oxygen atoms in total. The molecule has 0 aliphatic carbocycles. The summed E-state index contributed by atoms with van der Waals surface area (Å²) in [5.74, 6) is -1.64. The first-order valence-corrected chi connectivity index (χ1v) is 13.1. The SMILES string of the molecule is C[C@H](CO)Nc1n[nH]c2nccc(Oc3ccc(NC(=O)c4ccc(OC(F)(F)F)c(-c5ccc(F)cc5)[n+]4[O-])cc3Cl)c12. The molecule has 2 aromatic carbocycles. The number of hydrogen-bond acceptors (Lipinski definition) is 8. The molecule has 0 fully saturated rings. The van der Waals surface area contributed by atoms with Crippen molar-refractivity contribution in [2.75, 3.05) is 17.2 Å². The van der Waals surface area contributed by atoms with E-state index < -0.39 is 35.2 Å². The maximum absolute atomic E-state index is 13.4. The Morgan fingerprint density at radius 1 is 1.11 bits per heavy atom. The summed E-state index contributed by atoms with van der Waals surface area (Å²) in [5, 5.41) is 35.5. The van der Waals surface area contributed by atoms with Crippen molar-refractivity contribution < 1.29 is 41.7 Å². The first-order valence-electron chi connectivity index (χ1n) is 12.7. The average Bonchev–Trinajstić information content (AvgIpc) is 3.38. The van der Waals surface area contributed by atoms with Crippen molar-refractivity contribution >= 4 is 40.0 Å². The van der Waals surface area contributed by atoms with Gasteiger partial charge in [-0.1, -0.05) is 11.6 Å². The van der Waals surface area contributed by atoms with Gasteiger partial charge in [0, 0.05) is 30.1 Å². The van der Waals surface area contributed by atoms with Crippen LogP contribution >= 0.6 is 11.6 Å². The van der Waals surface area contributed by atoms with E-state index in [1.54, 1.807) is 13.0 Å². The van der Waals surface area contributed by atoms with E-state index in [0.29, 0.717) is 22.6 Å². The van der Waals surface area contributed by atoms with Crippen molar-refractivity contribution in [1.82, 2.24) is 15.2 Å². The van der Waals surface area contributed by atoms with E-state index in [4.69, 9.17) is 16.3 Å². The predicted octanol–water partition coefficient (Wildman–Crippen LogP) is 5.79. The largest absolute Gasteiger partial charge is 0.618 e. The number of nitrogens with zero attached hydrogens (tertiary/aromatic N) is 3. The van der Waals surface area contributed by atoms with Crippen molar-refractivity contribution in [3.05, 3.63) is 88.6 Å². The molecule has 3 aromatic heterocycles. The number of carbonyl (C=O) groups is 1. The molecular weight excluding hydrogens is 612 g/mol. The summed E-state index contributed by atoms with van der Waals surface area (Å²) in [6.45, 7) is 1.61. The Morgan fingerprint density at radius 3 is 2.52 bits per heavy atom. The lowest BCUT2D eigenvalue weighted by Gasteiger charge is -2.15. The van der Waals surface area contributed by atoms with Crippen molar-refractivity contribution in [2.24, 2.45) is 0 Å². The molecule has 0 unspecified atom stereocenters. The second-order valence-electron chi connectivity index (χ2n) is 9.31. The smallest absolute Gasteiger partial charge is 0.573 e. The number of anilines is 2. The second-order valence-corrected chi connectivity index (χ2v) is 9.72. The zero-order chi connectivity index (χ0) is 31.6. The fourth-order valence-electron chi connectivity index (χ4n) is 4.13. The number of aliphatic hydroxyl groups is 1. The fourth-order valence-corrected chi connectivity index (χ4v) is 4.35. The van der Waals surface area contributed by atoms with Gasteiger partial charge in [0.2, 0.25) is 5.75 Å². The number of alkyl halides is 3. The molecule has 4 N–H and O–H groups in total. The molecule has 228 valence electrons. The maximum atomic E-state index is 13.4. The van der Waals surface area contributed by atoms with Gasteiger partial charge >= 0.3 is 12.3 Å². The Hall–Kier alpha value is -5.15. The van der Waals surface area contributed by atoms with Crippen molar-refractivity contribution in [3.63, 3.8) is 0 Å². The van der Waals surface area contributed by atoms with E-state index in [1.807, 2.05) is 0 Å². The highest BCUT2D eigenvalue weighted by molar-refractivity contribution is 6.32. The minimum Gasteiger partial charge on any atom is -0.618 e. The molecule has 1 atom stereocenters. The predicted molar refractivity (Wildman–Crippen MR) is 151 cm³/mol. The Morgan fingerprint density at radius 2 is 1.84 bits per heavy atom. The number of nitrogens with one attached hydrogen (secondary N) is 3. The highest BCUT2D eigenvalue weighted by atomic mass is 35.5. The van der Waals surface area contributed by atoms with Gasteiger partial charge in [0.25, 0.3) is 11.4 Å². The molecule has 0 radical (unpaired) electrons. The highest BCUT2D eigenvalue weighted by Gasteiger charge is 2.36. The summed E-state index contributed by atoms with van der Waals surface area (Å²) in [7, 11) is 0. The quantitative estimate of drug-likeness (QED) is 0.0907. The van der Waals surface area contributed by atoms with Crippen molar-refractivity contribution in [1.29, 1.82) is 0 Å². The molecule has 0 saturated carbocycles. The van der Waals surface area contributed by atoms with Crippen LogP contribution in [-0.2, 0) is 0 Å². The molecule has 5 rings (SSSR count). The second kappa shape index (κ2) is 12.2. The number of halogens is 5. The zero-order valence-corrected chi connectivity index (χ0v) is 23.2. The summed E-state index contributed by atoms with van der Waals surface area (Å²) in [6.07, 6.45) is -3.65. The third kappa shape index (κ3) is 6.58. The lowest BCUT2D eigenvalue weighted by molar-refractivity contribution is -0.596. The van der Waals surface area contributed by atoms with Crippen LogP contribution in [0.3, 0.4) is 0 Å². The van der Waals surface area contributed by atoms with Crippen LogP contribution < -0.4 is 24.8 Å².